The van der Waals surface area contributed by atoms with Crippen LogP contribution in [-0.2, 0) is 16.0 Å². The number of pyridine rings is 1. The Bertz CT molecular complexity index is 418. The van der Waals surface area contributed by atoms with Crippen LogP contribution in [0.3, 0.4) is 0 Å². The highest BCUT2D eigenvalue weighted by Gasteiger charge is 2.18. The first-order valence-corrected chi connectivity index (χ1v) is 5.47. The molecule has 0 fully saturated rings. The van der Waals surface area contributed by atoms with Crippen LogP contribution in [0, 0.1) is 6.92 Å². The third kappa shape index (κ3) is 3.86. The van der Waals surface area contributed by atoms with Gasteiger partial charge in [0.05, 0.1) is 12.1 Å². The molecule has 5 heteroatoms. The molecule has 92 valence electrons. The molecule has 0 radical (unpaired) electrons. The van der Waals surface area contributed by atoms with Gasteiger partial charge in [0.25, 0.3) is 0 Å². The quantitative estimate of drug-likeness (QED) is 0.796. The summed E-state index contributed by atoms with van der Waals surface area (Å²) in [4.78, 5) is 26.5. The number of amides is 1. The summed E-state index contributed by atoms with van der Waals surface area (Å²) >= 11 is 0. The molecular weight excluding hydrogens is 220 g/mol. The Morgan fingerprint density at radius 1 is 1.53 bits per heavy atom. The molecule has 17 heavy (non-hydrogen) atoms. The zero-order valence-corrected chi connectivity index (χ0v) is 9.93. The van der Waals surface area contributed by atoms with Crippen LogP contribution < -0.4 is 5.32 Å². The van der Waals surface area contributed by atoms with Gasteiger partial charge in [-0.1, -0.05) is 13.0 Å². The third-order valence-electron chi connectivity index (χ3n) is 2.49. The molecule has 1 unspecified atom stereocenters. The number of hydrogen-bond donors (Lipinski definition) is 2. The van der Waals surface area contributed by atoms with Gasteiger partial charge in [-0.2, -0.15) is 0 Å². The molecule has 1 aromatic rings. The van der Waals surface area contributed by atoms with Crippen LogP contribution in [0.5, 0.6) is 0 Å². The van der Waals surface area contributed by atoms with Gasteiger partial charge in [0.1, 0.15) is 6.04 Å². The van der Waals surface area contributed by atoms with E-state index in [0.29, 0.717) is 12.1 Å². The van der Waals surface area contributed by atoms with Crippen molar-refractivity contribution in [3.8, 4) is 0 Å². The molecule has 1 atom stereocenters. The fourth-order valence-corrected chi connectivity index (χ4v) is 1.44. The molecule has 1 rings (SSSR count). The van der Waals surface area contributed by atoms with Gasteiger partial charge < -0.3 is 10.4 Å². The van der Waals surface area contributed by atoms with Crippen LogP contribution in [0.4, 0.5) is 0 Å². The van der Waals surface area contributed by atoms with E-state index in [1.54, 1.807) is 19.2 Å². The standard InChI is InChI=1S/C12H16N2O3/c1-3-9(12(16)17)14-11(15)7-10-8(2)5-4-6-13-10/h4-6,9H,3,7H2,1-2H3,(H,14,15)(H,16,17). The van der Waals surface area contributed by atoms with Gasteiger partial charge in [0, 0.05) is 6.20 Å². The summed E-state index contributed by atoms with van der Waals surface area (Å²) in [6.07, 6.45) is 2.09. The van der Waals surface area contributed by atoms with Gasteiger partial charge in [-0.3, -0.25) is 9.78 Å². The van der Waals surface area contributed by atoms with Crippen molar-refractivity contribution in [2.24, 2.45) is 0 Å². The molecule has 0 aliphatic heterocycles. The van der Waals surface area contributed by atoms with Crippen molar-refractivity contribution in [3.63, 3.8) is 0 Å². The molecule has 0 spiro atoms. The second-order valence-corrected chi connectivity index (χ2v) is 3.81. The van der Waals surface area contributed by atoms with Crippen molar-refractivity contribution in [1.82, 2.24) is 10.3 Å². The monoisotopic (exact) mass is 236 g/mol. The minimum absolute atomic E-state index is 0.108. The van der Waals surface area contributed by atoms with Crippen molar-refractivity contribution in [1.29, 1.82) is 0 Å². The Labute approximate surface area is 99.9 Å². The van der Waals surface area contributed by atoms with Crippen molar-refractivity contribution in [3.05, 3.63) is 29.6 Å². The molecule has 1 aromatic heterocycles. The van der Waals surface area contributed by atoms with Gasteiger partial charge in [-0.15, -0.1) is 0 Å². The van der Waals surface area contributed by atoms with Crippen LogP contribution in [-0.4, -0.2) is 28.0 Å². The number of aromatic nitrogens is 1. The zero-order valence-electron chi connectivity index (χ0n) is 9.93. The number of nitrogens with zero attached hydrogens (tertiary/aromatic N) is 1. The van der Waals surface area contributed by atoms with Crippen LogP contribution in [0.1, 0.15) is 24.6 Å². The van der Waals surface area contributed by atoms with Crippen LogP contribution in [0.15, 0.2) is 18.3 Å². The Hall–Kier alpha value is -1.91. The van der Waals surface area contributed by atoms with Crippen LogP contribution >= 0.6 is 0 Å². The molecule has 0 bridgehead atoms. The Morgan fingerprint density at radius 3 is 2.76 bits per heavy atom. The summed E-state index contributed by atoms with van der Waals surface area (Å²) in [5, 5.41) is 11.3. The molecule has 0 saturated carbocycles. The van der Waals surface area contributed by atoms with E-state index in [9.17, 15) is 9.59 Å². The van der Waals surface area contributed by atoms with E-state index in [1.165, 1.54) is 0 Å². The summed E-state index contributed by atoms with van der Waals surface area (Å²) in [5.74, 6) is -1.33. The largest absolute Gasteiger partial charge is 0.480 e. The van der Waals surface area contributed by atoms with Gasteiger partial charge in [0.15, 0.2) is 0 Å². The molecule has 0 saturated heterocycles. The molecular formula is C12H16N2O3. The van der Waals surface area contributed by atoms with Gasteiger partial charge in [-0.05, 0) is 25.0 Å². The van der Waals surface area contributed by atoms with Crippen LogP contribution in [0.2, 0.25) is 0 Å². The Balaban J connectivity index is 2.61. The predicted octanol–water partition coefficient (Wildman–Crippen LogP) is 0.912. The average molecular weight is 236 g/mol. The highest BCUT2D eigenvalue weighted by atomic mass is 16.4. The third-order valence-corrected chi connectivity index (χ3v) is 2.49. The maximum Gasteiger partial charge on any atom is 0.326 e. The first kappa shape index (κ1) is 13.2. The highest BCUT2D eigenvalue weighted by Crippen LogP contribution is 2.04. The number of aryl methyl sites for hydroxylation is 1. The first-order valence-electron chi connectivity index (χ1n) is 5.47. The molecule has 5 nitrogen and oxygen atoms in total. The van der Waals surface area contributed by atoms with E-state index < -0.39 is 12.0 Å². The number of carboxylic acids is 1. The molecule has 0 aliphatic carbocycles. The lowest BCUT2D eigenvalue weighted by molar-refractivity contribution is -0.141. The van der Waals surface area contributed by atoms with Crippen LogP contribution in [0.25, 0.3) is 0 Å². The van der Waals surface area contributed by atoms with Gasteiger partial charge in [-0.25, -0.2) is 4.79 Å². The summed E-state index contributed by atoms with van der Waals surface area (Å²) in [7, 11) is 0. The number of hydrogen-bond acceptors (Lipinski definition) is 3. The van der Waals surface area contributed by atoms with E-state index >= 15 is 0 Å². The maximum atomic E-state index is 11.6. The number of carboxylic acid groups (broad SMARTS) is 1. The first-order chi connectivity index (χ1) is 8.04. The van der Waals surface area contributed by atoms with Gasteiger partial charge in [0.2, 0.25) is 5.91 Å². The van der Waals surface area contributed by atoms with E-state index in [2.05, 4.69) is 10.3 Å². The van der Waals surface area contributed by atoms with Crippen molar-refractivity contribution in [2.45, 2.75) is 32.7 Å². The zero-order chi connectivity index (χ0) is 12.8. The van der Waals surface area contributed by atoms with E-state index in [0.717, 1.165) is 5.56 Å². The Kier molecular flexibility index (Phi) is 4.63. The number of carbonyl (C=O) groups is 2. The van der Waals surface area contributed by atoms with E-state index in [4.69, 9.17) is 5.11 Å². The fraction of sp³-hybridized carbons (Fsp3) is 0.417. The topological polar surface area (TPSA) is 79.3 Å². The lowest BCUT2D eigenvalue weighted by Crippen LogP contribution is -2.41. The molecule has 1 amide bonds. The van der Waals surface area contributed by atoms with Crippen molar-refractivity contribution < 1.29 is 14.7 Å². The number of carbonyl (C=O) groups excluding carboxylic acids is 1. The highest BCUT2D eigenvalue weighted by molar-refractivity contribution is 5.84. The summed E-state index contributed by atoms with van der Waals surface area (Å²) < 4.78 is 0. The second kappa shape index (κ2) is 5.98. The lowest BCUT2D eigenvalue weighted by atomic mass is 10.1. The minimum Gasteiger partial charge on any atom is -0.480 e. The minimum atomic E-state index is -1.02. The smallest absolute Gasteiger partial charge is 0.326 e. The number of aliphatic carboxylic acids is 1. The second-order valence-electron chi connectivity index (χ2n) is 3.81. The SMILES string of the molecule is CCC(NC(=O)Cc1ncccc1C)C(=O)O. The normalized spacial score (nSPS) is 11.9. The molecule has 0 aromatic carbocycles. The predicted molar refractivity (Wildman–Crippen MR) is 62.5 cm³/mol. The summed E-state index contributed by atoms with van der Waals surface area (Å²) in [6.45, 7) is 3.58. The average Bonchev–Trinajstić information content (AvgIpc) is 2.28. The summed E-state index contributed by atoms with van der Waals surface area (Å²) in [6, 6.07) is 2.83. The van der Waals surface area contributed by atoms with Crippen molar-refractivity contribution >= 4 is 11.9 Å². The number of nitrogens with one attached hydrogen (secondary N) is 1. The molecule has 2 N–H and O–H groups in total. The fourth-order valence-electron chi connectivity index (χ4n) is 1.44. The molecule has 0 aliphatic rings. The van der Waals surface area contributed by atoms with Crippen molar-refractivity contribution in [2.75, 3.05) is 0 Å². The maximum absolute atomic E-state index is 11.6. The van der Waals surface area contributed by atoms with E-state index in [-0.39, 0.29) is 12.3 Å². The molecule has 1 heterocycles. The van der Waals surface area contributed by atoms with E-state index in [1.807, 2.05) is 13.0 Å². The van der Waals surface area contributed by atoms with Gasteiger partial charge >= 0.3 is 5.97 Å². The number of rotatable bonds is 5. The Morgan fingerprint density at radius 2 is 2.24 bits per heavy atom. The lowest BCUT2D eigenvalue weighted by Gasteiger charge is -2.12. The summed E-state index contributed by atoms with van der Waals surface area (Å²) in [5.41, 5.74) is 1.59.